The number of fused-ring (bicyclic) bond motifs is 6. The number of hydrogen-bond acceptors (Lipinski definition) is 2. The fourth-order valence-electron chi connectivity index (χ4n) is 10.2. The second-order valence-electron chi connectivity index (χ2n) is 14.9. The van der Waals surface area contributed by atoms with Crippen molar-refractivity contribution in [2.24, 2.45) is 0 Å². The summed E-state index contributed by atoms with van der Waals surface area (Å²) in [7, 11) is 0. The van der Waals surface area contributed by atoms with E-state index in [0.29, 0.717) is 0 Å². The van der Waals surface area contributed by atoms with Gasteiger partial charge in [0.1, 0.15) is 0 Å². The number of thiophene rings is 2. The molecule has 4 aromatic carbocycles. The minimum atomic E-state index is 0. The summed E-state index contributed by atoms with van der Waals surface area (Å²) in [4.78, 5) is 5.99. The smallest absolute Gasteiger partial charge is 0.0436 e. The second-order valence-corrected chi connectivity index (χ2v) is 17.5. The Kier molecular flexibility index (Phi) is 8.74. The Bertz CT molecular complexity index is 2410. The average molecular weight is 685 g/mol. The molecule has 4 aliphatic rings. The fourth-order valence-corrected chi connectivity index (χ4v) is 12.6. The van der Waals surface area contributed by atoms with Crippen LogP contribution < -0.4 is 0 Å². The summed E-state index contributed by atoms with van der Waals surface area (Å²) in [6, 6.07) is 0. The van der Waals surface area contributed by atoms with Crippen molar-refractivity contribution in [2.75, 3.05) is 0 Å². The van der Waals surface area contributed by atoms with Gasteiger partial charge in [-0.25, -0.2) is 0 Å². The van der Waals surface area contributed by atoms with Crippen LogP contribution in [0.4, 0.5) is 0 Å². The maximum atomic E-state index is 4.00. The first-order chi connectivity index (χ1) is 22.9. The molecule has 0 unspecified atom stereocenters. The first-order valence-corrected chi connectivity index (χ1v) is 19.2. The van der Waals surface area contributed by atoms with Gasteiger partial charge in [-0.05, 0) is 219 Å². The Balaban J connectivity index is 0.000000159. The Labute approximate surface area is 311 Å². The lowest BCUT2D eigenvalue weighted by atomic mass is 9.87. The number of aryl methyl sites for hydroxylation is 7. The predicted molar refractivity (Wildman–Crippen MR) is 226 cm³/mol. The molecule has 6 aromatic rings. The topological polar surface area (TPSA) is 0 Å². The maximum Gasteiger partial charge on any atom is 0.0436 e. The van der Waals surface area contributed by atoms with Gasteiger partial charge in [-0.2, -0.15) is 0 Å². The molecule has 50 heavy (non-hydrogen) atoms. The molecule has 0 bridgehead atoms. The molecule has 2 aromatic heterocycles. The fraction of sp³-hybridized carbons (Fsp3) is 0.348. The van der Waals surface area contributed by atoms with Gasteiger partial charge in [0.25, 0.3) is 0 Å². The third-order valence-electron chi connectivity index (χ3n) is 13.1. The van der Waals surface area contributed by atoms with Crippen molar-refractivity contribution < 1.29 is 0 Å². The molecule has 0 nitrogen and oxygen atoms in total. The summed E-state index contributed by atoms with van der Waals surface area (Å²) in [5, 5.41) is 6.40. The third kappa shape index (κ3) is 4.14. The molecule has 0 atom stereocenters. The highest BCUT2D eigenvalue weighted by Crippen LogP contribution is 2.60. The van der Waals surface area contributed by atoms with Crippen LogP contribution in [0.25, 0.3) is 65.4 Å². The molecule has 0 aliphatic heterocycles. The molecule has 248 valence electrons. The summed E-state index contributed by atoms with van der Waals surface area (Å²) in [5.41, 5.74) is 31.1. The molecule has 2 heterocycles. The first-order valence-electron chi connectivity index (χ1n) is 17.6. The molecule has 0 fully saturated rings. The normalized spacial score (nSPS) is 13.1. The van der Waals surface area contributed by atoms with Crippen LogP contribution in [0.5, 0.6) is 0 Å². The number of terminal acetylenes is 1. The minimum Gasteiger partial charge on any atom is -0.145 e. The Morgan fingerprint density at radius 3 is 1.02 bits per heavy atom. The number of benzene rings is 4. The Morgan fingerprint density at radius 2 is 0.640 bits per heavy atom. The molecule has 4 aliphatic carbocycles. The van der Waals surface area contributed by atoms with E-state index in [9.17, 15) is 0 Å². The second kappa shape index (κ2) is 12.0. The first kappa shape index (κ1) is 36.3. The summed E-state index contributed by atoms with van der Waals surface area (Å²) in [5.74, 6) is 0. The van der Waals surface area contributed by atoms with Gasteiger partial charge in [0.05, 0.1) is 0 Å². The van der Waals surface area contributed by atoms with Gasteiger partial charge >= 0.3 is 0 Å². The molecule has 6 radical (unpaired) electrons. The van der Waals surface area contributed by atoms with Crippen molar-refractivity contribution in [3.8, 4) is 56.7 Å². The SMILES string of the molecule is C#C.Cc1sc(C)c2c1-c1c(C)c(C)c3c4c(c(C)c(C)c-2c14)CC3.Cc1sc2c(c1C)-c1c(C)c(C)c3c4c(c(C)c(C)c-2c14)CC3.[B].[B]. The van der Waals surface area contributed by atoms with Crippen molar-refractivity contribution in [2.45, 2.75) is 109 Å². The van der Waals surface area contributed by atoms with E-state index < -0.39 is 0 Å². The molecule has 0 saturated heterocycles. The van der Waals surface area contributed by atoms with Gasteiger partial charge < -0.3 is 0 Å². The summed E-state index contributed by atoms with van der Waals surface area (Å²) >= 11 is 3.98. The van der Waals surface area contributed by atoms with Crippen LogP contribution in [-0.2, 0) is 25.7 Å². The quantitative estimate of drug-likeness (QED) is 0.110. The third-order valence-corrected chi connectivity index (χ3v) is 15.4. The highest BCUT2D eigenvalue weighted by Gasteiger charge is 2.36. The molecule has 0 saturated carbocycles. The van der Waals surface area contributed by atoms with Crippen molar-refractivity contribution >= 4 is 61.0 Å². The zero-order valence-corrected chi connectivity index (χ0v) is 33.6. The Hall–Kier alpha value is -3.51. The highest BCUT2D eigenvalue weighted by atomic mass is 32.1. The standard InChI is InChI=1S/2C22H22S.C2H2.2B/c1-9-11(3)17-19-13(5)23-14(6)20(19)18-12(4)10(2)16-8-7-15(9)21(16)22(17)18;1-9-11(3)17-19-13(5)14(6)23-22(19)18-12(4)10(2)16-8-7-15(9)20(16)21(17)18;1-2;;/h2*7-8H2,1-6H3;1-2H;;. The monoisotopic (exact) mass is 684 g/mol. The van der Waals surface area contributed by atoms with E-state index in [0.717, 1.165) is 0 Å². The van der Waals surface area contributed by atoms with Crippen LogP contribution >= 0.6 is 22.7 Å². The summed E-state index contributed by atoms with van der Waals surface area (Å²) in [6.07, 6.45) is 12.9. The minimum absolute atomic E-state index is 0. The molecular formula is C46H46B2S2. The lowest BCUT2D eigenvalue weighted by Crippen LogP contribution is -1.95. The highest BCUT2D eigenvalue weighted by molar-refractivity contribution is 7.16. The van der Waals surface area contributed by atoms with Crippen molar-refractivity contribution in [1.29, 1.82) is 0 Å². The molecule has 4 heteroatoms. The Morgan fingerprint density at radius 1 is 0.320 bits per heavy atom. The summed E-state index contributed by atoms with van der Waals surface area (Å²) in [6.45, 7) is 28.0. The van der Waals surface area contributed by atoms with Crippen LogP contribution in [0.2, 0.25) is 0 Å². The van der Waals surface area contributed by atoms with Crippen LogP contribution in [0.1, 0.15) is 87.0 Å². The van der Waals surface area contributed by atoms with Gasteiger partial charge in [-0.1, -0.05) is 0 Å². The van der Waals surface area contributed by atoms with E-state index in [-0.39, 0.29) is 16.8 Å². The average Bonchev–Trinajstić information content (AvgIpc) is 3.90. The molecule has 0 amide bonds. The van der Waals surface area contributed by atoms with Gasteiger partial charge in [0, 0.05) is 58.6 Å². The van der Waals surface area contributed by atoms with E-state index in [2.05, 4.69) is 95.9 Å². The van der Waals surface area contributed by atoms with E-state index in [1.165, 1.54) is 95.3 Å². The maximum absolute atomic E-state index is 4.00. The van der Waals surface area contributed by atoms with Crippen LogP contribution in [0, 0.1) is 95.9 Å². The van der Waals surface area contributed by atoms with E-state index in [4.69, 9.17) is 0 Å². The number of hydrogen-bond donors (Lipinski definition) is 0. The van der Waals surface area contributed by atoms with E-state index in [1.807, 2.05) is 22.7 Å². The largest absolute Gasteiger partial charge is 0.145 e. The summed E-state index contributed by atoms with van der Waals surface area (Å²) < 4.78 is 0. The van der Waals surface area contributed by atoms with Crippen molar-refractivity contribution in [3.63, 3.8) is 0 Å². The van der Waals surface area contributed by atoms with Crippen molar-refractivity contribution in [3.05, 3.63) is 87.0 Å². The van der Waals surface area contributed by atoms with Crippen LogP contribution in [0.15, 0.2) is 0 Å². The zero-order valence-electron chi connectivity index (χ0n) is 32.0. The number of rotatable bonds is 0. The zero-order chi connectivity index (χ0) is 34.4. The lowest BCUT2D eigenvalue weighted by molar-refractivity contribution is 0.998. The van der Waals surface area contributed by atoms with E-state index in [1.54, 1.807) is 82.7 Å². The van der Waals surface area contributed by atoms with Gasteiger partial charge in [-0.3, -0.25) is 0 Å². The van der Waals surface area contributed by atoms with Crippen LogP contribution in [0.3, 0.4) is 0 Å². The molecule has 0 spiro atoms. The molecular weight excluding hydrogens is 638 g/mol. The predicted octanol–water partition coefficient (Wildman–Crippen LogP) is 12.5. The van der Waals surface area contributed by atoms with E-state index >= 15 is 0 Å². The van der Waals surface area contributed by atoms with Crippen LogP contribution in [-0.4, -0.2) is 16.8 Å². The van der Waals surface area contributed by atoms with Gasteiger partial charge in [0.15, 0.2) is 0 Å². The molecule has 10 rings (SSSR count). The lowest BCUT2D eigenvalue weighted by Gasteiger charge is -2.17. The van der Waals surface area contributed by atoms with Gasteiger partial charge in [-0.15, -0.1) is 35.5 Å². The van der Waals surface area contributed by atoms with Gasteiger partial charge in [0.2, 0.25) is 0 Å². The van der Waals surface area contributed by atoms with Crippen molar-refractivity contribution in [1.82, 2.24) is 0 Å². The molecule has 0 N–H and O–H groups in total.